The van der Waals surface area contributed by atoms with Crippen LogP contribution in [0.4, 0.5) is 8.78 Å². The highest BCUT2D eigenvalue weighted by atomic mass is 32.2. The van der Waals surface area contributed by atoms with Gasteiger partial charge < -0.3 is 4.74 Å². The van der Waals surface area contributed by atoms with E-state index in [1.165, 1.54) is 11.1 Å². The molecule has 0 aromatic heterocycles. The summed E-state index contributed by atoms with van der Waals surface area (Å²) in [5.41, 5.74) is 2.08. The van der Waals surface area contributed by atoms with Gasteiger partial charge in [0.1, 0.15) is 0 Å². The third-order valence-electron chi connectivity index (χ3n) is 7.36. The molecule has 0 saturated heterocycles. The van der Waals surface area contributed by atoms with Crippen LogP contribution in [0.5, 0.6) is 0 Å². The van der Waals surface area contributed by atoms with Crippen LogP contribution in [-0.4, -0.2) is 30.8 Å². The summed E-state index contributed by atoms with van der Waals surface area (Å²) in [5, 5.41) is -4.94. The summed E-state index contributed by atoms with van der Waals surface area (Å²) in [5.74, 6) is -1.30. The zero-order chi connectivity index (χ0) is 21.8. The molecule has 4 bridgehead atoms. The second kappa shape index (κ2) is 7.26. The highest BCUT2D eigenvalue weighted by molar-refractivity contribution is 7.87. The molecule has 2 unspecified atom stereocenters. The molecule has 0 spiro atoms. The van der Waals surface area contributed by atoms with Crippen molar-refractivity contribution in [1.29, 1.82) is 0 Å². The third-order valence-corrected chi connectivity index (χ3v) is 8.17. The van der Waals surface area contributed by atoms with Gasteiger partial charge in [0, 0.05) is 5.41 Å². The molecule has 30 heavy (non-hydrogen) atoms. The first kappa shape index (κ1) is 21.7. The van der Waals surface area contributed by atoms with E-state index in [4.69, 9.17) is 9.29 Å². The van der Waals surface area contributed by atoms with Crippen molar-refractivity contribution in [3.05, 3.63) is 35.4 Å². The zero-order valence-corrected chi connectivity index (χ0v) is 17.9. The molecule has 4 fully saturated rings. The monoisotopic (exact) mass is 442 g/mol. The Labute approximate surface area is 175 Å². The summed E-state index contributed by atoms with van der Waals surface area (Å²) in [7, 11) is -5.85. The van der Waals surface area contributed by atoms with Gasteiger partial charge in [-0.25, -0.2) is 4.79 Å². The average Bonchev–Trinajstić information content (AvgIpc) is 2.65. The minimum Gasteiger partial charge on any atom is -0.460 e. The minimum atomic E-state index is -5.85. The fourth-order valence-corrected chi connectivity index (χ4v) is 6.95. The molecule has 1 aromatic rings. The summed E-state index contributed by atoms with van der Waals surface area (Å²) >= 11 is 0. The molecule has 0 aliphatic heterocycles. The van der Waals surface area contributed by atoms with Gasteiger partial charge in [0.15, 0.2) is 0 Å². The lowest BCUT2D eigenvalue weighted by atomic mass is 9.43. The number of benzene rings is 1. The fourth-order valence-electron chi connectivity index (χ4n) is 6.68. The predicted octanol–water partition coefficient (Wildman–Crippen LogP) is 4.50. The van der Waals surface area contributed by atoms with E-state index in [1.807, 2.05) is 0 Å². The van der Waals surface area contributed by atoms with E-state index in [0.29, 0.717) is 11.8 Å². The van der Waals surface area contributed by atoms with Crippen LogP contribution in [0.2, 0.25) is 0 Å². The van der Waals surface area contributed by atoms with Crippen molar-refractivity contribution >= 4 is 16.1 Å². The van der Waals surface area contributed by atoms with Crippen molar-refractivity contribution in [3.8, 4) is 0 Å². The molecular formula is C22H28F2O5S. The van der Waals surface area contributed by atoms with E-state index in [2.05, 4.69) is 31.2 Å². The van der Waals surface area contributed by atoms with E-state index in [1.54, 1.807) is 0 Å². The lowest BCUT2D eigenvalue weighted by Crippen LogP contribution is -2.56. The maximum absolute atomic E-state index is 13.6. The first-order valence-electron chi connectivity index (χ1n) is 10.6. The van der Waals surface area contributed by atoms with E-state index < -0.39 is 26.8 Å². The molecule has 1 N–H and O–H groups in total. The first-order valence-corrected chi connectivity index (χ1v) is 12.0. The molecule has 4 aliphatic rings. The number of rotatable bonds is 7. The van der Waals surface area contributed by atoms with E-state index in [-0.39, 0.29) is 12.0 Å². The molecule has 0 heterocycles. The van der Waals surface area contributed by atoms with Crippen LogP contribution in [0.15, 0.2) is 24.3 Å². The number of carbonyl (C=O) groups excluding carboxylic acids is 1. The van der Waals surface area contributed by atoms with Crippen molar-refractivity contribution in [2.75, 3.05) is 6.61 Å². The van der Waals surface area contributed by atoms with Gasteiger partial charge in [-0.05, 0) is 73.3 Å². The molecule has 8 heteroatoms. The molecule has 4 aliphatic carbocycles. The quantitative estimate of drug-likeness (QED) is 0.497. The third kappa shape index (κ3) is 3.66. The second-order valence-corrected chi connectivity index (χ2v) is 11.2. The summed E-state index contributed by atoms with van der Waals surface area (Å²) in [6.45, 7) is 1.91. The second-order valence-electron chi connectivity index (χ2n) is 9.76. The Hall–Kier alpha value is -1.54. The van der Waals surface area contributed by atoms with E-state index in [0.717, 1.165) is 51.4 Å². The maximum Gasteiger partial charge on any atom is 0.465 e. The standard InChI is InChI=1S/C22H28F2O5S/c1-2-3-15-4-6-18(7-5-15)21-11-16-8-17(12-21)10-20(9-16,13-21)14-29-19(25)22(23,24)30(26,27)28/h4-7,16-17H,2-3,8-14H2,1H3,(H,26,27,28). The Bertz CT molecular complexity index is 911. The topological polar surface area (TPSA) is 80.7 Å². The molecule has 2 atom stereocenters. The van der Waals surface area contributed by atoms with Crippen LogP contribution >= 0.6 is 0 Å². The molecule has 166 valence electrons. The van der Waals surface area contributed by atoms with Gasteiger partial charge in [-0.2, -0.15) is 17.2 Å². The summed E-state index contributed by atoms with van der Waals surface area (Å²) in [4.78, 5) is 11.7. The Balaban J connectivity index is 1.55. The highest BCUT2D eigenvalue weighted by Crippen LogP contribution is 2.65. The summed E-state index contributed by atoms with van der Waals surface area (Å²) in [6, 6.07) is 8.70. The van der Waals surface area contributed by atoms with Gasteiger partial charge in [0.25, 0.3) is 0 Å². The van der Waals surface area contributed by atoms with Crippen LogP contribution in [0.3, 0.4) is 0 Å². The number of esters is 1. The Morgan fingerprint density at radius 3 is 2.30 bits per heavy atom. The lowest BCUT2D eigenvalue weighted by Gasteiger charge is -2.62. The number of hydrogen-bond donors (Lipinski definition) is 1. The Morgan fingerprint density at radius 1 is 1.17 bits per heavy atom. The average molecular weight is 443 g/mol. The molecule has 0 amide bonds. The van der Waals surface area contributed by atoms with Gasteiger partial charge in [0.2, 0.25) is 0 Å². The van der Waals surface area contributed by atoms with Gasteiger partial charge in [0.05, 0.1) is 6.61 Å². The largest absolute Gasteiger partial charge is 0.465 e. The molecule has 5 rings (SSSR count). The van der Waals surface area contributed by atoms with Crippen LogP contribution in [0.25, 0.3) is 0 Å². The molecule has 1 aromatic carbocycles. The minimum absolute atomic E-state index is 0.0488. The van der Waals surface area contributed by atoms with Crippen LogP contribution in [-0.2, 0) is 31.5 Å². The molecule has 4 saturated carbocycles. The van der Waals surface area contributed by atoms with Gasteiger partial charge in [-0.3, -0.25) is 4.55 Å². The predicted molar refractivity (Wildman–Crippen MR) is 107 cm³/mol. The van der Waals surface area contributed by atoms with Crippen molar-refractivity contribution in [1.82, 2.24) is 0 Å². The van der Waals surface area contributed by atoms with Crippen LogP contribution in [0.1, 0.15) is 63.0 Å². The summed E-state index contributed by atoms with van der Waals surface area (Å²) < 4.78 is 62.4. The highest BCUT2D eigenvalue weighted by Gasteiger charge is 2.60. The van der Waals surface area contributed by atoms with Crippen molar-refractivity contribution in [3.63, 3.8) is 0 Å². The number of ether oxygens (including phenoxy) is 1. The van der Waals surface area contributed by atoms with Gasteiger partial charge >= 0.3 is 21.3 Å². The normalized spacial score (nSPS) is 32.9. The summed E-state index contributed by atoms with van der Waals surface area (Å²) in [6.07, 6.45) is 7.64. The number of hydrogen-bond acceptors (Lipinski definition) is 4. The number of alkyl halides is 2. The molecular weight excluding hydrogens is 414 g/mol. The molecule has 5 nitrogen and oxygen atoms in total. The van der Waals surface area contributed by atoms with Crippen molar-refractivity contribution in [2.45, 2.75) is 69.0 Å². The van der Waals surface area contributed by atoms with Crippen molar-refractivity contribution in [2.24, 2.45) is 17.3 Å². The zero-order valence-electron chi connectivity index (χ0n) is 17.1. The SMILES string of the molecule is CCCc1ccc(C23CC4CC(CC(COC(=O)C(F)(F)S(=O)(=O)O)(C4)C2)C3)cc1. The lowest BCUT2D eigenvalue weighted by molar-refractivity contribution is -0.173. The van der Waals surface area contributed by atoms with E-state index >= 15 is 0 Å². The Kier molecular flexibility index (Phi) is 5.25. The van der Waals surface area contributed by atoms with Crippen LogP contribution in [0, 0.1) is 17.3 Å². The van der Waals surface area contributed by atoms with Crippen LogP contribution < -0.4 is 0 Å². The van der Waals surface area contributed by atoms with E-state index in [9.17, 15) is 22.0 Å². The van der Waals surface area contributed by atoms with Gasteiger partial charge in [-0.15, -0.1) is 0 Å². The smallest absolute Gasteiger partial charge is 0.460 e. The van der Waals surface area contributed by atoms with Crippen molar-refractivity contribution < 1.29 is 31.3 Å². The number of aryl methyl sites for hydroxylation is 1. The fraction of sp³-hybridized carbons (Fsp3) is 0.682. The Morgan fingerprint density at radius 2 is 1.77 bits per heavy atom. The number of halogens is 2. The first-order chi connectivity index (χ1) is 14.0. The molecule has 0 radical (unpaired) electrons. The maximum atomic E-state index is 13.6. The van der Waals surface area contributed by atoms with Gasteiger partial charge in [-0.1, -0.05) is 37.6 Å². The number of carbonyl (C=O) groups is 1.